The average molecular weight is 383 g/mol. The number of morpholine rings is 1. The van der Waals surface area contributed by atoms with Crippen LogP contribution in [0.15, 0.2) is 30.3 Å². The molecule has 1 aromatic carbocycles. The molecule has 1 aliphatic heterocycles. The van der Waals surface area contributed by atoms with E-state index in [1.54, 1.807) is 24.3 Å². The first kappa shape index (κ1) is 17.7. The minimum Gasteiger partial charge on any atom is -0.378 e. The largest absolute Gasteiger partial charge is 0.378 e. The van der Waals surface area contributed by atoms with Gasteiger partial charge in [0.2, 0.25) is 5.82 Å². The number of hydrogen-bond acceptors (Lipinski definition) is 6. The molecule has 0 amide bonds. The lowest BCUT2D eigenvalue weighted by Crippen LogP contribution is -2.36. The number of ether oxygens (including phenoxy) is 1. The molecule has 0 atom stereocenters. The molecule has 9 heteroatoms. The van der Waals surface area contributed by atoms with Crippen LogP contribution in [0.3, 0.4) is 0 Å². The van der Waals surface area contributed by atoms with Crippen LogP contribution in [0.5, 0.6) is 0 Å². The number of pyridine rings is 1. The van der Waals surface area contributed by atoms with Crippen molar-refractivity contribution in [3.05, 3.63) is 56.1 Å². The third kappa shape index (κ3) is 4.12. The van der Waals surface area contributed by atoms with E-state index < -0.39 is 4.92 Å². The van der Waals surface area contributed by atoms with Crippen LogP contribution in [0.4, 0.5) is 17.3 Å². The van der Waals surface area contributed by atoms with Crippen LogP contribution < -0.4 is 10.2 Å². The molecule has 2 aromatic rings. The summed E-state index contributed by atoms with van der Waals surface area (Å²) in [5, 5.41) is 15.1. The Hall–Kier alpha value is -2.09. The second-order valence-electron chi connectivity index (χ2n) is 5.46. The number of aromatic nitrogens is 1. The fourth-order valence-corrected chi connectivity index (χ4v) is 2.94. The first-order valence-corrected chi connectivity index (χ1v) is 8.47. The number of nitrogens with zero attached hydrogens (tertiary/aromatic N) is 3. The van der Waals surface area contributed by atoms with Crippen LogP contribution in [0, 0.1) is 10.1 Å². The molecule has 3 rings (SSSR count). The van der Waals surface area contributed by atoms with E-state index in [1.165, 1.54) is 6.07 Å². The van der Waals surface area contributed by atoms with Gasteiger partial charge in [0, 0.05) is 25.7 Å². The first-order chi connectivity index (χ1) is 12.1. The highest BCUT2D eigenvalue weighted by molar-refractivity contribution is 6.42. The van der Waals surface area contributed by atoms with Crippen LogP contribution in [-0.2, 0) is 11.3 Å². The van der Waals surface area contributed by atoms with Gasteiger partial charge in [0.05, 0.1) is 28.2 Å². The summed E-state index contributed by atoms with van der Waals surface area (Å²) in [6.07, 6.45) is 0. The van der Waals surface area contributed by atoms with Crippen molar-refractivity contribution in [3.8, 4) is 0 Å². The summed E-state index contributed by atoms with van der Waals surface area (Å²) in [6, 6.07) is 8.38. The van der Waals surface area contributed by atoms with Gasteiger partial charge in [-0.25, -0.2) is 4.98 Å². The van der Waals surface area contributed by atoms with Crippen molar-refractivity contribution in [2.75, 3.05) is 36.5 Å². The number of benzene rings is 1. The lowest BCUT2D eigenvalue weighted by atomic mass is 10.2. The Kier molecular flexibility index (Phi) is 5.57. The summed E-state index contributed by atoms with van der Waals surface area (Å²) in [4.78, 5) is 17.3. The zero-order valence-corrected chi connectivity index (χ0v) is 14.8. The minimum absolute atomic E-state index is 0.0878. The molecule has 0 unspecified atom stereocenters. The van der Waals surface area contributed by atoms with Gasteiger partial charge in [0.15, 0.2) is 0 Å². The van der Waals surface area contributed by atoms with Gasteiger partial charge in [0.25, 0.3) is 0 Å². The van der Waals surface area contributed by atoms with Crippen molar-refractivity contribution in [2.45, 2.75) is 6.54 Å². The second-order valence-corrected chi connectivity index (χ2v) is 6.25. The van der Waals surface area contributed by atoms with E-state index in [-0.39, 0.29) is 18.1 Å². The van der Waals surface area contributed by atoms with E-state index in [4.69, 9.17) is 27.9 Å². The van der Waals surface area contributed by atoms with Crippen molar-refractivity contribution in [3.63, 3.8) is 0 Å². The quantitative estimate of drug-likeness (QED) is 0.626. The Morgan fingerprint density at radius 1 is 1.24 bits per heavy atom. The Balaban J connectivity index is 1.84. The normalized spacial score (nSPS) is 14.4. The highest BCUT2D eigenvalue weighted by Gasteiger charge is 2.20. The second kappa shape index (κ2) is 7.86. The summed E-state index contributed by atoms with van der Waals surface area (Å²) in [7, 11) is 0. The number of anilines is 2. The van der Waals surface area contributed by atoms with Gasteiger partial charge in [-0.05, 0) is 17.7 Å². The van der Waals surface area contributed by atoms with Crippen molar-refractivity contribution in [2.24, 2.45) is 0 Å². The van der Waals surface area contributed by atoms with Crippen LogP contribution >= 0.6 is 23.2 Å². The molecule has 132 valence electrons. The van der Waals surface area contributed by atoms with Crippen LogP contribution in [0.1, 0.15) is 5.56 Å². The molecule has 0 aliphatic carbocycles. The maximum absolute atomic E-state index is 11.3. The molecule has 1 N–H and O–H groups in total. The molecule has 2 heterocycles. The van der Waals surface area contributed by atoms with Gasteiger partial charge in [-0.2, -0.15) is 0 Å². The van der Waals surface area contributed by atoms with Gasteiger partial charge in [-0.1, -0.05) is 35.3 Å². The van der Waals surface area contributed by atoms with E-state index in [0.29, 0.717) is 42.2 Å². The van der Waals surface area contributed by atoms with E-state index in [2.05, 4.69) is 10.3 Å². The fourth-order valence-electron chi connectivity index (χ4n) is 2.55. The lowest BCUT2D eigenvalue weighted by molar-refractivity contribution is -0.384. The van der Waals surface area contributed by atoms with Gasteiger partial charge >= 0.3 is 5.69 Å². The third-order valence-corrected chi connectivity index (χ3v) is 4.73. The molecule has 1 saturated heterocycles. The minimum atomic E-state index is -0.460. The smallest absolute Gasteiger partial charge is 0.311 e. The fraction of sp³-hybridized carbons (Fsp3) is 0.312. The van der Waals surface area contributed by atoms with Crippen LogP contribution in [0.25, 0.3) is 0 Å². The Labute approximate surface area is 154 Å². The standard InChI is InChI=1S/C16H16Cl2N4O3/c17-12-3-1-2-11(15(12)18)10-19-16-13(22(23)24)4-5-14(20-16)21-6-8-25-9-7-21/h1-5H,6-10H2,(H,19,20). The number of nitrogens with one attached hydrogen (secondary N) is 1. The maximum atomic E-state index is 11.3. The molecule has 0 bridgehead atoms. The third-order valence-electron chi connectivity index (χ3n) is 3.87. The zero-order valence-electron chi connectivity index (χ0n) is 13.2. The van der Waals surface area contributed by atoms with Gasteiger partial charge in [-0.3, -0.25) is 10.1 Å². The molecule has 7 nitrogen and oxygen atoms in total. The van der Waals surface area contributed by atoms with Crippen molar-refractivity contribution in [1.29, 1.82) is 0 Å². The topological polar surface area (TPSA) is 80.5 Å². The molecule has 1 aliphatic rings. The highest BCUT2D eigenvalue weighted by atomic mass is 35.5. The van der Waals surface area contributed by atoms with E-state index >= 15 is 0 Å². The summed E-state index contributed by atoms with van der Waals surface area (Å²) >= 11 is 12.2. The van der Waals surface area contributed by atoms with Crippen molar-refractivity contribution in [1.82, 2.24) is 4.98 Å². The zero-order chi connectivity index (χ0) is 17.8. The van der Waals surface area contributed by atoms with Crippen LogP contribution in [-0.4, -0.2) is 36.2 Å². The average Bonchev–Trinajstić information content (AvgIpc) is 2.63. The summed E-state index contributed by atoms with van der Waals surface area (Å²) in [5.74, 6) is 0.874. The molecule has 1 aromatic heterocycles. The Bertz CT molecular complexity index is 782. The summed E-state index contributed by atoms with van der Waals surface area (Å²) < 4.78 is 5.32. The number of rotatable bonds is 5. The Morgan fingerprint density at radius 3 is 2.72 bits per heavy atom. The summed E-state index contributed by atoms with van der Waals surface area (Å²) in [5.41, 5.74) is 0.650. The number of hydrogen-bond donors (Lipinski definition) is 1. The van der Waals surface area contributed by atoms with E-state index in [0.717, 1.165) is 5.56 Å². The monoisotopic (exact) mass is 382 g/mol. The van der Waals surface area contributed by atoms with Crippen molar-refractivity contribution >= 4 is 40.5 Å². The van der Waals surface area contributed by atoms with Gasteiger partial charge < -0.3 is 15.0 Å². The highest BCUT2D eigenvalue weighted by Crippen LogP contribution is 2.29. The number of halogens is 2. The molecule has 1 fully saturated rings. The number of nitro groups is 1. The van der Waals surface area contributed by atoms with Gasteiger partial charge in [0.1, 0.15) is 5.82 Å². The lowest BCUT2D eigenvalue weighted by Gasteiger charge is -2.28. The van der Waals surface area contributed by atoms with E-state index in [1.807, 2.05) is 4.90 Å². The molecule has 25 heavy (non-hydrogen) atoms. The predicted molar refractivity (Wildman–Crippen MR) is 97.7 cm³/mol. The van der Waals surface area contributed by atoms with Gasteiger partial charge in [-0.15, -0.1) is 0 Å². The van der Waals surface area contributed by atoms with Crippen LogP contribution in [0.2, 0.25) is 10.0 Å². The molecular weight excluding hydrogens is 367 g/mol. The molecule has 0 spiro atoms. The SMILES string of the molecule is O=[N+]([O-])c1ccc(N2CCOCC2)nc1NCc1cccc(Cl)c1Cl. The molecule has 0 radical (unpaired) electrons. The molecule has 0 saturated carbocycles. The first-order valence-electron chi connectivity index (χ1n) is 7.71. The van der Waals surface area contributed by atoms with E-state index in [9.17, 15) is 10.1 Å². The predicted octanol–water partition coefficient (Wildman–Crippen LogP) is 3.75. The maximum Gasteiger partial charge on any atom is 0.311 e. The molecular formula is C16H16Cl2N4O3. The Morgan fingerprint density at radius 2 is 2.00 bits per heavy atom. The van der Waals surface area contributed by atoms with Crippen molar-refractivity contribution < 1.29 is 9.66 Å². The summed E-state index contributed by atoms with van der Waals surface area (Å²) in [6.45, 7) is 2.90.